The van der Waals surface area contributed by atoms with Gasteiger partial charge in [-0.1, -0.05) is 56.2 Å². The fraction of sp³-hybridized carbons (Fsp3) is 0.419. The molecule has 3 aromatic carbocycles. The average Bonchev–Trinajstić information content (AvgIpc) is 2.89. The number of hydrogen-bond acceptors (Lipinski definition) is 1. The third-order valence-corrected chi connectivity index (χ3v) is 7.63. The van der Waals surface area contributed by atoms with E-state index in [4.69, 9.17) is 0 Å². The van der Waals surface area contributed by atoms with Crippen molar-refractivity contribution in [3.8, 4) is 16.9 Å². The van der Waals surface area contributed by atoms with Gasteiger partial charge in [0.25, 0.3) is 0 Å². The normalized spacial score (nSPS) is 18.0. The van der Waals surface area contributed by atoms with Crippen LogP contribution in [-0.4, -0.2) is 6.11 Å². The molecular weight excluding hydrogens is 559 g/mol. The first-order chi connectivity index (χ1) is 19.3. The van der Waals surface area contributed by atoms with Crippen LogP contribution in [0, 0.1) is 29.2 Å². The van der Waals surface area contributed by atoms with E-state index in [1.54, 1.807) is 6.07 Å². The number of rotatable bonds is 9. The maximum Gasteiger partial charge on any atom is 0.422 e. The third-order valence-electron chi connectivity index (χ3n) is 7.63. The van der Waals surface area contributed by atoms with Crippen LogP contribution in [0.4, 0.5) is 39.5 Å². The van der Waals surface area contributed by atoms with Gasteiger partial charge in [0.05, 0.1) is 6.42 Å². The lowest BCUT2D eigenvalue weighted by Crippen LogP contribution is -2.26. The molecule has 3 aromatic rings. The first kappa shape index (κ1) is 30.8. The summed E-state index contributed by atoms with van der Waals surface area (Å²) in [5.74, 6) is -6.49. The summed E-state index contributed by atoms with van der Waals surface area (Å²) in [6, 6.07) is 9.04. The van der Waals surface area contributed by atoms with Crippen LogP contribution >= 0.6 is 0 Å². The van der Waals surface area contributed by atoms with Gasteiger partial charge >= 0.3 is 12.3 Å². The van der Waals surface area contributed by atoms with E-state index in [9.17, 15) is 30.7 Å². The van der Waals surface area contributed by atoms with Crippen LogP contribution in [-0.2, 0) is 12.6 Å². The zero-order valence-electron chi connectivity index (χ0n) is 22.2. The van der Waals surface area contributed by atoms with Crippen LogP contribution in [0.1, 0.15) is 74.5 Å². The molecule has 0 unspecified atom stereocenters. The molecule has 1 aliphatic carbocycles. The number of alkyl halides is 5. The van der Waals surface area contributed by atoms with Crippen LogP contribution in [0.3, 0.4) is 0 Å². The second-order valence-corrected chi connectivity index (χ2v) is 10.5. The Kier molecular flexibility index (Phi) is 9.29. The highest BCUT2D eigenvalue weighted by Crippen LogP contribution is 2.40. The molecule has 10 heteroatoms. The van der Waals surface area contributed by atoms with Gasteiger partial charge in [0.2, 0.25) is 0 Å². The number of aryl methyl sites for hydroxylation is 1. The van der Waals surface area contributed by atoms with Gasteiger partial charge in [-0.05, 0) is 60.6 Å². The monoisotopic (exact) mass is 588 g/mol. The standard InChI is InChI=1S/C31H29F9O/c1-2-3-18-4-8-20(9-5-18)23-12-13-24(29(35)28(23)34)21-10-6-19(7-11-21)14-15-30(36,37)41-22-16-25(32)27(26(33)17-22)31(38,39)40/h6-7,10-13,16-18,20H,2-5,8-9,14-15H2,1H3. The van der Waals surface area contributed by atoms with Crippen molar-refractivity contribution in [3.05, 3.63) is 88.5 Å². The van der Waals surface area contributed by atoms with Crippen LogP contribution < -0.4 is 4.74 Å². The van der Waals surface area contributed by atoms with E-state index in [-0.39, 0.29) is 30.0 Å². The molecule has 1 fully saturated rings. The zero-order valence-corrected chi connectivity index (χ0v) is 22.2. The maximum atomic E-state index is 15.1. The molecule has 0 spiro atoms. The Hall–Kier alpha value is -3.17. The molecule has 1 saturated carbocycles. The molecule has 0 aliphatic heterocycles. The van der Waals surface area contributed by atoms with Crippen LogP contribution in [0.5, 0.6) is 5.75 Å². The van der Waals surface area contributed by atoms with Crippen molar-refractivity contribution in [2.75, 3.05) is 0 Å². The van der Waals surface area contributed by atoms with Crippen molar-refractivity contribution in [2.45, 2.75) is 76.5 Å². The third kappa shape index (κ3) is 7.38. The summed E-state index contributed by atoms with van der Waals surface area (Å²) in [6.07, 6.45) is -4.70. The summed E-state index contributed by atoms with van der Waals surface area (Å²) in [4.78, 5) is 0. The van der Waals surface area contributed by atoms with E-state index in [1.807, 2.05) is 0 Å². The average molecular weight is 589 g/mol. The minimum absolute atomic E-state index is 0.0338. The van der Waals surface area contributed by atoms with Crippen molar-refractivity contribution in [3.63, 3.8) is 0 Å². The molecule has 0 amide bonds. The molecule has 222 valence electrons. The fourth-order valence-electron chi connectivity index (χ4n) is 5.52. The molecule has 1 nitrogen and oxygen atoms in total. The lowest BCUT2D eigenvalue weighted by atomic mass is 9.77. The SMILES string of the molecule is CCCC1CCC(c2ccc(-c3ccc(CCC(F)(F)Oc4cc(F)c(C(F)(F)F)c(F)c4)cc3)c(F)c2F)CC1. The van der Waals surface area contributed by atoms with Gasteiger partial charge in [0, 0.05) is 17.7 Å². The Morgan fingerprint density at radius 3 is 1.95 bits per heavy atom. The van der Waals surface area contributed by atoms with Crippen LogP contribution in [0.25, 0.3) is 11.1 Å². The summed E-state index contributed by atoms with van der Waals surface area (Å²) < 4.78 is 128. The first-order valence-electron chi connectivity index (χ1n) is 13.5. The second kappa shape index (κ2) is 12.4. The number of halogens is 9. The topological polar surface area (TPSA) is 9.23 Å². The molecule has 0 radical (unpaired) electrons. The van der Waals surface area contributed by atoms with Gasteiger partial charge in [-0.25, -0.2) is 17.6 Å². The summed E-state index contributed by atoms with van der Waals surface area (Å²) in [5, 5.41) is 0. The minimum Gasteiger partial charge on any atom is -0.432 e. The molecule has 4 rings (SSSR count). The Balaban J connectivity index is 1.39. The van der Waals surface area contributed by atoms with Gasteiger partial charge in [-0.2, -0.15) is 22.0 Å². The fourth-order valence-corrected chi connectivity index (χ4v) is 5.52. The van der Waals surface area contributed by atoms with Crippen molar-refractivity contribution < 1.29 is 44.3 Å². The number of benzene rings is 3. The van der Waals surface area contributed by atoms with Crippen molar-refractivity contribution in [1.29, 1.82) is 0 Å². The molecule has 41 heavy (non-hydrogen) atoms. The highest BCUT2D eigenvalue weighted by Gasteiger charge is 2.39. The van der Waals surface area contributed by atoms with E-state index >= 15 is 8.78 Å². The Bertz CT molecular complexity index is 1320. The summed E-state index contributed by atoms with van der Waals surface area (Å²) in [6.45, 7) is 2.13. The molecule has 0 atom stereocenters. The summed E-state index contributed by atoms with van der Waals surface area (Å²) >= 11 is 0. The van der Waals surface area contributed by atoms with Crippen LogP contribution in [0.2, 0.25) is 0 Å². The molecular formula is C31H29F9O. The first-order valence-corrected chi connectivity index (χ1v) is 13.5. The molecule has 0 aromatic heterocycles. The summed E-state index contributed by atoms with van der Waals surface area (Å²) in [7, 11) is 0. The van der Waals surface area contributed by atoms with Gasteiger partial charge < -0.3 is 4.74 Å². The number of hydrogen-bond donors (Lipinski definition) is 0. The minimum atomic E-state index is -5.34. The van der Waals surface area contributed by atoms with Crippen LogP contribution in [0.15, 0.2) is 48.5 Å². The van der Waals surface area contributed by atoms with Crippen molar-refractivity contribution in [2.24, 2.45) is 5.92 Å². The lowest BCUT2D eigenvalue weighted by Gasteiger charge is -2.29. The highest BCUT2D eigenvalue weighted by molar-refractivity contribution is 5.65. The lowest BCUT2D eigenvalue weighted by molar-refractivity contribution is -0.180. The Morgan fingerprint density at radius 1 is 0.780 bits per heavy atom. The van der Waals surface area contributed by atoms with E-state index in [0.29, 0.717) is 22.6 Å². The molecule has 0 heterocycles. The predicted octanol–water partition coefficient (Wildman–Crippen LogP) is 10.6. The van der Waals surface area contributed by atoms with E-state index in [1.165, 1.54) is 30.3 Å². The molecule has 0 N–H and O–H groups in total. The Morgan fingerprint density at radius 2 is 1.39 bits per heavy atom. The Labute approximate surface area is 232 Å². The predicted molar refractivity (Wildman–Crippen MR) is 137 cm³/mol. The van der Waals surface area contributed by atoms with Crippen molar-refractivity contribution in [1.82, 2.24) is 0 Å². The smallest absolute Gasteiger partial charge is 0.422 e. The maximum absolute atomic E-state index is 15.1. The number of ether oxygens (including phenoxy) is 1. The van der Waals surface area contributed by atoms with Gasteiger partial charge in [-0.3, -0.25) is 0 Å². The largest absolute Gasteiger partial charge is 0.432 e. The van der Waals surface area contributed by atoms with E-state index in [2.05, 4.69) is 11.7 Å². The molecule has 1 aliphatic rings. The van der Waals surface area contributed by atoms with Gasteiger partial charge in [0.1, 0.15) is 22.9 Å². The van der Waals surface area contributed by atoms with E-state index < -0.39 is 53.3 Å². The van der Waals surface area contributed by atoms with Gasteiger partial charge in [0.15, 0.2) is 11.6 Å². The quantitative estimate of drug-likeness (QED) is 0.226. The van der Waals surface area contributed by atoms with E-state index in [0.717, 1.165) is 38.5 Å². The highest BCUT2D eigenvalue weighted by atomic mass is 19.4. The molecule has 0 bridgehead atoms. The van der Waals surface area contributed by atoms with Gasteiger partial charge in [-0.15, -0.1) is 0 Å². The van der Waals surface area contributed by atoms with Crippen molar-refractivity contribution >= 4 is 0 Å². The molecule has 0 saturated heterocycles. The summed E-state index contributed by atoms with van der Waals surface area (Å²) in [5.41, 5.74) is -1.07. The zero-order chi connectivity index (χ0) is 29.9. The second-order valence-electron chi connectivity index (χ2n) is 10.5.